The number of ether oxygens (including phenoxy) is 2. The van der Waals surface area contributed by atoms with Gasteiger partial charge in [0.25, 0.3) is 0 Å². The molecule has 0 aromatic heterocycles. The van der Waals surface area contributed by atoms with E-state index in [1.807, 2.05) is 0 Å². The van der Waals surface area contributed by atoms with E-state index in [2.05, 4.69) is 25.7 Å². The Labute approximate surface area is 341 Å². The van der Waals surface area contributed by atoms with Crippen LogP contribution < -0.4 is 0 Å². The molecule has 0 aromatic carbocycles. The molecule has 55 heavy (non-hydrogen) atoms. The molecule has 0 rings (SSSR count). The minimum Gasteiger partial charge on any atom is -0.466 e. The molecule has 0 aliphatic rings. The van der Waals surface area contributed by atoms with Crippen molar-refractivity contribution in [3.05, 3.63) is 0 Å². The molecule has 0 bridgehead atoms. The number of unbranched alkanes of at least 4 members (excludes halogenated alkanes) is 24. The van der Waals surface area contributed by atoms with Gasteiger partial charge in [-0.3, -0.25) is 9.59 Å². The third kappa shape index (κ3) is 39.4. The number of alkyl halides is 2. The van der Waals surface area contributed by atoms with Crippen molar-refractivity contribution in [2.75, 3.05) is 26.2 Å². The molecule has 5 nitrogen and oxygen atoms in total. The number of halogens is 2. The minimum atomic E-state index is -2.56. The summed E-state index contributed by atoms with van der Waals surface area (Å²) in [5.41, 5.74) is 0. The Hall–Kier alpha value is -1.24. The smallest absolute Gasteiger partial charge is 0.306 e. The third-order valence-corrected chi connectivity index (χ3v) is 11.3. The van der Waals surface area contributed by atoms with Gasteiger partial charge in [0, 0.05) is 25.7 Å². The van der Waals surface area contributed by atoms with Crippen LogP contribution in [-0.4, -0.2) is 55.1 Å². The molecular weight excluding hydrogens is 693 g/mol. The van der Waals surface area contributed by atoms with Crippen molar-refractivity contribution in [2.45, 2.75) is 271 Å². The number of nitrogens with zero attached hydrogens (tertiary/aromatic N) is 1. The van der Waals surface area contributed by atoms with E-state index in [4.69, 9.17) is 9.47 Å². The molecular formula is C48H93F2NO4. The second-order valence-electron chi connectivity index (χ2n) is 16.8. The number of rotatable bonds is 44. The molecule has 0 amide bonds. The zero-order chi connectivity index (χ0) is 40.5. The molecule has 0 saturated heterocycles. The maximum Gasteiger partial charge on any atom is 0.306 e. The number of hydrogen-bond acceptors (Lipinski definition) is 5. The molecule has 0 aliphatic heterocycles. The van der Waals surface area contributed by atoms with E-state index in [-0.39, 0.29) is 30.9 Å². The lowest BCUT2D eigenvalue weighted by Gasteiger charge is -2.23. The van der Waals surface area contributed by atoms with Gasteiger partial charge >= 0.3 is 11.9 Å². The first-order valence-electron chi connectivity index (χ1n) is 24.2. The largest absolute Gasteiger partial charge is 0.466 e. The Morgan fingerprint density at radius 3 is 1.33 bits per heavy atom. The quantitative estimate of drug-likeness (QED) is 0.0455. The SMILES string of the molecule is CCCCCCCCCOC(=O)CCCCCCCN(CCCCCCCC(=O)OC(CCCCCCCC)CCCCCCCC)CCCC(F)(F)CC. The summed E-state index contributed by atoms with van der Waals surface area (Å²) in [4.78, 5) is 27.2. The maximum absolute atomic E-state index is 13.9. The van der Waals surface area contributed by atoms with Crippen LogP contribution in [0.25, 0.3) is 0 Å². The monoisotopic (exact) mass is 786 g/mol. The summed E-state index contributed by atoms with van der Waals surface area (Å²) in [6.45, 7) is 11.5. The molecule has 0 fully saturated rings. The molecule has 0 N–H and O–H groups in total. The van der Waals surface area contributed by atoms with Crippen LogP contribution in [0.2, 0.25) is 0 Å². The van der Waals surface area contributed by atoms with Crippen LogP contribution in [0.15, 0.2) is 0 Å². The molecule has 0 radical (unpaired) electrons. The summed E-state index contributed by atoms with van der Waals surface area (Å²) in [7, 11) is 0. The minimum absolute atomic E-state index is 0.0178. The van der Waals surface area contributed by atoms with Gasteiger partial charge in [-0.15, -0.1) is 0 Å². The van der Waals surface area contributed by atoms with Crippen molar-refractivity contribution in [3.8, 4) is 0 Å². The third-order valence-electron chi connectivity index (χ3n) is 11.3. The van der Waals surface area contributed by atoms with E-state index >= 15 is 0 Å². The van der Waals surface area contributed by atoms with E-state index < -0.39 is 5.92 Å². The molecule has 0 spiro atoms. The van der Waals surface area contributed by atoms with Gasteiger partial charge in [0.2, 0.25) is 5.92 Å². The number of hydrogen-bond donors (Lipinski definition) is 0. The maximum atomic E-state index is 13.9. The molecule has 0 saturated carbocycles. The highest BCUT2D eigenvalue weighted by Crippen LogP contribution is 2.24. The van der Waals surface area contributed by atoms with Crippen molar-refractivity contribution >= 4 is 11.9 Å². The van der Waals surface area contributed by atoms with Crippen LogP contribution in [0.1, 0.15) is 259 Å². The van der Waals surface area contributed by atoms with Crippen LogP contribution in [0.4, 0.5) is 8.78 Å². The molecule has 0 aliphatic carbocycles. The molecule has 328 valence electrons. The van der Waals surface area contributed by atoms with Crippen molar-refractivity contribution in [1.29, 1.82) is 0 Å². The lowest BCUT2D eigenvalue weighted by molar-refractivity contribution is -0.150. The highest BCUT2D eigenvalue weighted by Gasteiger charge is 2.25. The highest BCUT2D eigenvalue weighted by molar-refractivity contribution is 5.69. The van der Waals surface area contributed by atoms with Crippen LogP contribution >= 0.6 is 0 Å². The van der Waals surface area contributed by atoms with Gasteiger partial charge in [-0.05, 0) is 83.8 Å². The van der Waals surface area contributed by atoms with Crippen molar-refractivity contribution in [2.24, 2.45) is 0 Å². The summed E-state index contributed by atoms with van der Waals surface area (Å²) >= 11 is 0. The van der Waals surface area contributed by atoms with Crippen molar-refractivity contribution in [1.82, 2.24) is 4.90 Å². The predicted molar refractivity (Wildman–Crippen MR) is 231 cm³/mol. The lowest BCUT2D eigenvalue weighted by Crippen LogP contribution is -2.28. The zero-order valence-electron chi connectivity index (χ0n) is 37.2. The average Bonchev–Trinajstić information content (AvgIpc) is 3.17. The summed E-state index contributed by atoms with van der Waals surface area (Å²) in [6, 6.07) is 0. The average molecular weight is 786 g/mol. The molecule has 7 heteroatoms. The predicted octanol–water partition coefficient (Wildman–Crippen LogP) is 15.5. The molecule has 0 unspecified atom stereocenters. The number of carbonyl (C=O) groups excluding carboxylic acids is 2. The summed E-state index contributed by atoms with van der Waals surface area (Å²) < 4.78 is 39.3. The summed E-state index contributed by atoms with van der Waals surface area (Å²) in [5, 5.41) is 0. The van der Waals surface area contributed by atoms with E-state index in [0.717, 1.165) is 122 Å². The summed E-state index contributed by atoms with van der Waals surface area (Å²) in [6.07, 6.45) is 37.6. The Kier molecular flexibility index (Phi) is 40.0. The van der Waals surface area contributed by atoms with Crippen molar-refractivity contribution < 1.29 is 27.8 Å². The van der Waals surface area contributed by atoms with Gasteiger partial charge in [-0.1, -0.05) is 169 Å². The Morgan fingerprint density at radius 2 is 0.855 bits per heavy atom. The first-order valence-corrected chi connectivity index (χ1v) is 24.2. The van der Waals surface area contributed by atoms with Gasteiger partial charge in [-0.2, -0.15) is 0 Å². The number of carbonyl (C=O) groups is 2. The molecule has 0 atom stereocenters. The van der Waals surface area contributed by atoms with E-state index in [1.165, 1.54) is 96.3 Å². The van der Waals surface area contributed by atoms with Gasteiger partial charge < -0.3 is 14.4 Å². The Balaban J connectivity index is 4.32. The zero-order valence-corrected chi connectivity index (χ0v) is 37.2. The van der Waals surface area contributed by atoms with Gasteiger partial charge in [0.05, 0.1) is 6.61 Å². The van der Waals surface area contributed by atoms with Crippen LogP contribution in [0.3, 0.4) is 0 Å². The van der Waals surface area contributed by atoms with E-state index in [1.54, 1.807) is 6.92 Å². The molecule has 0 aromatic rings. The lowest BCUT2D eigenvalue weighted by atomic mass is 10.0. The van der Waals surface area contributed by atoms with Gasteiger partial charge in [0.15, 0.2) is 0 Å². The van der Waals surface area contributed by atoms with Crippen LogP contribution in [-0.2, 0) is 19.1 Å². The fourth-order valence-electron chi connectivity index (χ4n) is 7.47. The second kappa shape index (κ2) is 40.9. The van der Waals surface area contributed by atoms with Crippen LogP contribution in [0.5, 0.6) is 0 Å². The Bertz CT molecular complexity index is 810. The van der Waals surface area contributed by atoms with E-state index in [9.17, 15) is 18.4 Å². The number of esters is 2. The standard InChI is InChI=1S/C48H93F2NO4/c1-5-9-12-15-18-27-34-44-54-46(52)38-30-23-19-25-32-41-51(43-35-40-48(49,50)8-4)42-33-26-20-24-31-39-47(53)55-45(36-28-21-16-13-10-6-2)37-29-22-17-14-11-7-3/h45H,5-44H2,1-4H3. The van der Waals surface area contributed by atoms with Gasteiger partial charge in [-0.25, -0.2) is 8.78 Å². The topological polar surface area (TPSA) is 55.8 Å². The Morgan fingerprint density at radius 1 is 0.473 bits per heavy atom. The molecule has 0 heterocycles. The van der Waals surface area contributed by atoms with Crippen molar-refractivity contribution in [3.63, 3.8) is 0 Å². The van der Waals surface area contributed by atoms with Gasteiger partial charge in [0.1, 0.15) is 6.10 Å². The normalized spacial score (nSPS) is 11.9. The first kappa shape index (κ1) is 53.8. The summed E-state index contributed by atoms with van der Waals surface area (Å²) in [5.74, 6) is -2.65. The first-order chi connectivity index (χ1) is 26.8. The fourth-order valence-corrected chi connectivity index (χ4v) is 7.47. The van der Waals surface area contributed by atoms with E-state index in [0.29, 0.717) is 25.9 Å². The van der Waals surface area contributed by atoms with Crippen LogP contribution in [0, 0.1) is 0 Å². The fraction of sp³-hybridized carbons (Fsp3) is 0.958. The second-order valence-corrected chi connectivity index (χ2v) is 16.8. The highest BCUT2D eigenvalue weighted by atomic mass is 19.3.